The van der Waals surface area contributed by atoms with E-state index < -0.39 is 56.7 Å². The number of aliphatic hydroxyl groups is 1. The summed E-state index contributed by atoms with van der Waals surface area (Å²) in [5.74, 6) is -1.35. The molecule has 8 nitrogen and oxygen atoms in total. The summed E-state index contributed by atoms with van der Waals surface area (Å²) < 4.78 is 130. The van der Waals surface area contributed by atoms with Crippen molar-refractivity contribution in [3.63, 3.8) is 0 Å². The van der Waals surface area contributed by atoms with Gasteiger partial charge in [0.15, 0.2) is 27.2 Å². The highest BCUT2D eigenvalue weighted by atomic mass is 32.2. The van der Waals surface area contributed by atoms with Gasteiger partial charge in [-0.25, -0.2) is 22.8 Å². The average molecular weight is 684 g/mol. The molecule has 0 bridgehead atoms. The molecule has 0 atom stereocenters. The van der Waals surface area contributed by atoms with Crippen molar-refractivity contribution in [3.05, 3.63) is 89.6 Å². The summed E-state index contributed by atoms with van der Waals surface area (Å²) in [7, 11) is -4.01. The number of halogens is 7. The van der Waals surface area contributed by atoms with Gasteiger partial charge in [-0.1, -0.05) is 13.0 Å². The minimum absolute atomic E-state index is 0.0475. The van der Waals surface area contributed by atoms with E-state index in [1.54, 1.807) is 6.92 Å². The molecule has 5 aromatic rings. The number of aromatic nitrogens is 3. The third kappa shape index (κ3) is 7.02. The minimum Gasteiger partial charge on any atom is -0.440 e. The van der Waals surface area contributed by atoms with E-state index in [4.69, 9.17) is 4.42 Å². The predicted octanol–water partition coefficient (Wildman–Crippen LogP) is 7.68. The number of ether oxygens (including phenoxy) is 1. The maximum Gasteiger partial charge on any atom is 0.573 e. The molecule has 5 rings (SSSR count). The van der Waals surface area contributed by atoms with Gasteiger partial charge in [-0.15, -0.1) is 13.2 Å². The van der Waals surface area contributed by atoms with Gasteiger partial charge >= 0.3 is 12.5 Å². The molecule has 47 heavy (non-hydrogen) atoms. The molecular formula is C31H24F7N3O5S. The number of oxazole rings is 1. The Hall–Kier alpha value is -4.70. The van der Waals surface area contributed by atoms with Gasteiger partial charge in [0.1, 0.15) is 23.1 Å². The Morgan fingerprint density at radius 2 is 1.60 bits per heavy atom. The van der Waals surface area contributed by atoms with Crippen LogP contribution in [0.1, 0.15) is 29.9 Å². The average Bonchev–Trinajstić information content (AvgIpc) is 3.59. The fourth-order valence-corrected chi connectivity index (χ4v) is 5.88. The number of imidazole rings is 1. The van der Waals surface area contributed by atoms with Crippen molar-refractivity contribution < 1.29 is 53.4 Å². The topological polar surface area (TPSA) is 107 Å². The lowest BCUT2D eigenvalue weighted by molar-refractivity contribution is -0.274. The molecule has 2 heterocycles. The second-order valence-electron chi connectivity index (χ2n) is 10.3. The van der Waals surface area contributed by atoms with Crippen LogP contribution >= 0.6 is 0 Å². The Labute approximate surface area is 263 Å². The Kier molecular flexibility index (Phi) is 8.70. The highest BCUT2D eigenvalue weighted by molar-refractivity contribution is 7.90. The van der Waals surface area contributed by atoms with Crippen LogP contribution in [0.15, 0.2) is 70.1 Å². The van der Waals surface area contributed by atoms with Crippen molar-refractivity contribution >= 4 is 9.84 Å². The Balaban J connectivity index is 1.77. The van der Waals surface area contributed by atoms with Crippen LogP contribution in [0.5, 0.6) is 5.75 Å². The Morgan fingerprint density at radius 3 is 2.15 bits per heavy atom. The molecule has 248 valence electrons. The predicted molar refractivity (Wildman–Crippen MR) is 155 cm³/mol. The standard InChI is InChI=1S/C31H24F7N3O5S/c1-4-27-40-28(29(45-27)17-5-8-20(9-6-17)46-31(36,37)38)21-11-18(19-12-23(32)22(15-42)25(13-19)47(3,43)44)7-10-24(21)41-14-26(30(33,34)35)39-16(41)2/h5-14,42H,4,15H2,1-3H3. The fourth-order valence-electron chi connectivity index (χ4n) is 4.93. The van der Waals surface area contributed by atoms with Crippen molar-refractivity contribution in [2.45, 2.75) is 44.3 Å². The van der Waals surface area contributed by atoms with Gasteiger partial charge in [0, 0.05) is 35.6 Å². The second-order valence-corrected chi connectivity index (χ2v) is 12.3. The van der Waals surface area contributed by atoms with Crippen LogP contribution in [-0.4, -0.2) is 40.7 Å². The number of hydrogen-bond donors (Lipinski definition) is 1. The zero-order valence-electron chi connectivity index (χ0n) is 24.7. The summed E-state index contributed by atoms with van der Waals surface area (Å²) in [6, 6.07) is 11.1. The highest BCUT2D eigenvalue weighted by Gasteiger charge is 2.35. The SMILES string of the molecule is CCc1nc(-c2cc(-c3cc(F)c(CO)c(S(C)(=O)=O)c3)ccc2-n2cc(C(F)(F)F)nc2C)c(-c2ccc(OC(F)(F)F)cc2)o1. The maximum atomic E-state index is 15.1. The van der Waals surface area contributed by atoms with Crippen molar-refractivity contribution in [2.24, 2.45) is 0 Å². The Morgan fingerprint density at radius 1 is 0.936 bits per heavy atom. The molecule has 3 aromatic carbocycles. The first-order chi connectivity index (χ1) is 21.9. The first-order valence-electron chi connectivity index (χ1n) is 13.7. The first kappa shape index (κ1) is 33.7. The maximum absolute atomic E-state index is 15.1. The van der Waals surface area contributed by atoms with E-state index in [2.05, 4.69) is 14.7 Å². The number of sulfone groups is 1. The Bertz CT molecular complexity index is 2070. The summed E-state index contributed by atoms with van der Waals surface area (Å²) in [4.78, 5) is 7.70. The quantitative estimate of drug-likeness (QED) is 0.167. The van der Waals surface area contributed by atoms with Gasteiger partial charge < -0.3 is 18.8 Å². The van der Waals surface area contributed by atoms with Gasteiger partial charge in [-0.05, 0) is 66.6 Å². The van der Waals surface area contributed by atoms with Crippen molar-refractivity contribution in [2.75, 3.05) is 6.26 Å². The monoisotopic (exact) mass is 683 g/mol. The molecule has 0 aliphatic rings. The van der Waals surface area contributed by atoms with Crippen LogP contribution in [-0.2, 0) is 29.0 Å². The van der Waals surface area contributed by atoms with Crippen molar-refractivity contribution in [1.82, 2.24) is 14.5 Å². The zero-order chi connectivity index (χ0) is 34.5. The molecule has 2 aromatic heterocycles. The molecule has 0 radical (unpaired) electrons. The summed E-state index contributed by atoms with van der Waals surface area (Å²) in [5, 5.41) is 9.63. The second kappa shape index (κ2) is 12.2. The molecular weight excluding hydrogens is 659 g/mol. The van der Waals surface area contributed by atoms with Crippen LogP contribution in [0.4, 0.5) is 30.7 Å². The lowest BCUT2D eigenvalue weighted by Crippen LogP contribution is -2.16. The van der Waals surface area contributed by atoms with Crippen LogP contribution in [0.25, 0.3) is 39.4 Å². The summed E-state index contributed by atoms with van der Waals surface area (Å²) in [6.45, 7) is 2.16. The van der Waals surface area contributed by atoms with Gasteiger partial charge in [0.25, 0.3) is 0 Å². The molecule has 0 aliphatic carbocycles. The lowest BCUT2D eigenvalue weighted by atomic mass is 9.97. The number of aryl methyl sites for hydroxylation is 2. The van der Waals surface area contributed by atoms with E-state index in [1.165, 1.54) is 37.3 Å². The highest BCUT2D eigenvalue weighted by Crippen LogP contribution is 2.41. The first-order valence-corrected chi connectivity index (χ1v) is 15.6. The molecule has 0 unspecified atom stereocenters. The van der Waals surface area contributed by atoms with E-state index in [-0.39, 0.29) is 57.5 Å². The van der Waals surface area contributed by atoms with Gasteiger partial charge in [-0.2, -0.15) is 13.2 Å². The van der Waals surface area contributed by atoms with Crippen LogP contribution in [0.2, 0.25) is 0 Å². The van der Waals surface area contributed by atoms with Gasteiger partial charge in [-0.3, -0.25) is 0 Å². The zero-order valence-corrected chi connectivity index (χ0v) is 25.5. The van der Waals surface area contributed by atoms with E-state index >= 15 is 4.39 Å². The number of rotatable bonds is 8. The summed E-state index contributed by atoms with van der Waals surface area (Å²) in [5.41, 5.74) is -0.773. The van der Waals surface area contributed by atoms with Gasteiger partial charge in [0.05, 0.1) is 17.2 Å². The third-order valence-electron chi connectivity index (χ3n) is 7.05. The molecule has 1 N–H and O–H groups in total. The van der Waals surface area contributed by atoms with Crippen molar-refractivity contribution in [3.8, 4) is 45.1 Å². The number of nitrogens with zero attached hydrogens (tertiary/aromatic N) is 3. The molecule has 16 heteroatoms. The van der Waals surface area contributed by atoms with Crippen molar-refractivity contribution in [1.29, 1.82) is 0 Å². The van der Waals surface area contributed by atoms with E-state index in [1.807, 2.05) is 0 Å². The summed E-state index contributed by atoms with van der Waals surface area (Å²) in [6.07, 6.45) is -7.84. The molecule has 0 amide bonds. The van der Waals surface area contributed by atoms with Crippen LogP contribution < -0.4 is 4.74 Å². The van der Waals surface area contributed by atoms with Gasteiger partial charge in [0.2, 0.25) is 0 Å². The molecule has 0 spiro atoms. The van der Waals surface area contributed by atoms with E-state index in [0.29, 0.717) is 0 Å². The van der Waals surface area contributed by atoms with E-state index in [9.17, 15) is 39.9 Å². The number of aliphatic hydroxyl groups excluding tert-OH is 1. The molecule has 0 fully saturated rings. The largest absolute Gasteiger partial charge is 0.573 e. The third-order valence-corrected chi connectivity index (χ3v) is 8.22. The smallest absolute Gasteiger partial charge is 0.440 e. The van der Waals surface area contributed by atoms with Crippen LogP contribution in [0.3, 0.4) is 0 Å². The van der Waals surface area contributed by atoms with E-state index in [0.717, 1.165) is 41.3 Å². The number of alkyl halides is 6. The number of benzene rings is 3. The molecule has 0 saturated carbocycles. The summed E-state index contributed by atoms with van der Waals surface area (Å²) >= 11 is 0. The fraction of sp³-hybridized carbons (Fsp3) is 0.226. The molecule has 0 aliphatic heterocycles. The lowest BCUT2D eigenvalue weighted by Gasteiger charge is -2.15. The normalized spacial score (nSPS) is 12.5. The number of hydrogen-bond acceptors (Lipinski definition) is 7. The molecule has 0 saturated heterocycles. The van der Waals surface area contributed by atoms with Crippen LogP contribution in [0, 0.1) is 12.7 Å². The minimum atomic E-state index is -4.94.